The fourth-order valence-electron chi connectivity index (χ4n) is 2.32. The summed E-state index contributed by atoms with van der Waals surface area (Å²) in [5, 5.41) is 2.72. The number of carbonyl (C=O) groups is 3. The number of nitrogens with zero attached hydrogens (tertiary/aromatic N) is 1. The van der Waals surface area contributed by atoms with Crippen LogP contribution in [0.4, 0.5) is 0 Å². The standard InChI is InChI=1S/C17H21N3O5/c1-24-14-10-12(2-4-13(14)25-11-15(18)21)3-5-17(23)20-8-6-16(22)19-7-9-20/h2-5,10H,6-9,11H2,1H3,(H2,18,21)(H,19,22)/b5-3-. The molecule has 0 unspecified atom stereocenters. The predicted molar refractivity (Wildman–Crippen MR) is 90.9 cm³/mol. The van der Waals surface area contributed by atoms with Crippen molar-refractivity contribution in [2.45, 2.75) is 6.42 Å². The van der Waals surface area contributed by atoms with Crippen molar-refractivity contribution < 1.29 is 23.9 Å². The molecule has 8 nitrogen and oxygen atoms in total. The van der Waals surface area contributed by atoms with Crippen LogP contribution in [-0.4, -0.2) is 56.0 Å². The summed E-state index contributed by atoms with van der Waals surface area (Å²) in [6, 6.07) is 5.06. The van der Waals surface area contributed by atoms with Crippen LogP contribution in [0.15, 0.2) is 24.3 Å². The van der Waals surface area contributed by atoms with E-state index < -0.39 is 5.91 Å². The predicted octanol–water partition coefficient (Wildman–Crippen LogP) is -0.0790. The van der Waals surface area contributed by atoms with Gasteiger partial charge in [-0.1, -0.05) is 6.07 Å². The van der Waals surface area contributed by atoms with Gasteiger partial charge in [-0.05, 0) is 23.8 Å². The molecule has 3 amide bonds. The molecule has 1 saturated heterocycles. The average Bonchev–Trinajstić information content (AvgIpc) is 2.82. The van der Waals surface area contributed by atoms with Gasteiger partial charge in [-0.25, -0.2) is 0 Å². The zero-order valence-corrected chi connectivity index (χ0v) is 14.0. The molecular weight excluding hydrogens is 326 g/mol. The third-order valence-corrected chi connectivity index (χ3v) is 3.60. The van der Waals surface area contributed by atoms with Crippen molar-refractivity contribution in [3.05, 3.63) is 29.8 Å². The van der Waals surface area contributed by atoms with E-state index in [9.17, 15) is 14.4 Å². The molecule has 0 aromatic heterocycles. The van der Waals surface area contributed by atoms with E-state index in [-0.39, 0.29) is 18.4 Å². The highest BCUT2D eigenvalue weighted by Crippen LogP contribution is 2.28. The Balaban J connectivity index is 2.03. The summed E-state index contributed by atoms with van der Waals surface area (Å²) in [5.41, 5.74) is 5.79. The van der Waals surface area contributed by atoms with Gasteiger partial charge in [-0.2, -0.15) is 0 Å². The minimum absolute atomic E-state index is 0.0458. The lowest BCUT2D eigenvalue weighted by atomic mass is 10.2. The lowest BCUT2D eigenvalue weighted by molar-refractivity contribution is -0.126. The Bertz CT molecular complexity index is 687. The van der Waals surface area contributed by atoms with E-state index in [1.807, 2.05) is 0 Å². The highest BCUT2D eigenvalue weighted by atomic mass is 16.5. The molecule has 0 spiro atoms. The quantitative estimate of drug-likeness (QED) is 0.699. The Morgan fingerprint density at radius 1 is 1.32 bits per heavy atom. The first-order chi connectivity index (χ1) is 12.0. The van der Waals surface area contributed by atoms with Crippen LogP contribution in [0.3, 0.4) is 0 Å². The summed E-state index contributed by atoms with van der Waals surface area (Å²) in [5.74, 6) is 0.0319. The Morgan fingerprint density at radius 3 is 2.84 bits per heavy atom. The normalized spacial score (nSPS) is 14.8. The monoisotopic (exact) mass is 347 g/mol. The molecule has 134 valence electrons. The van der Waals surface area contributed by atoms with Gasteiger partial charge in [-0.3, -0.25) is 14.4 Å². The Morgan fingerprint density at radius 2 is 2.12 bits per heavy atom. The van der Waals surface area contributed by atoms with Crippen LogP contribution in [0.2, 0.25) is 0 Å². The molecular formula is C17H21N3O5. The SMILES string of the molecule is COc1cc(/C=C\C(=O)N2CCNC(=O)CC2)ccc1OCC(N)=O. The molecule has 0 bridgehead atoms. The molecule has 3 N–H and O–H groups in total. The van der Waals surface area contributed by atoms with Gasteiger partial charge >= 0.3 is 0 Å². The molecule has 1 aliphatic rings. The van der Waals surface area contributed by atoms with Gasteiger partial charge in [0.05, 0.1) is 7.11 Å². The van der Waals surface area contributed by atoms with Crippen molar-refractivity contribution in [1.29, 1.82) is 0 Å². The summed E-state index contributed by atoms with van der Waals surface area (Å²) in [6.45, 7) is 1.10. The molecule has 0 radical (unpaired) electrons. The molecule has 0 aliphatic carbocycles. The Labute approximate surface area is 145 Å². The van der Waals surface area contributed by atoms with E-state index in [0.29, 0.717) is 37.6 Å². The molecule has 8 heteroatoms. The number of primary amides is 1. The first-order valence-corrected chi connectivity index (χ1v) is 7.82. The van der Waals surface area contributed by atoms with Gasteiger partial charge in [0.2, 0.25) is 11.8 Å². The lowest BCUT2D eigenvalue weighted by Crippen LogP contribution is -2.32. The minimum atomic E-state index is -0.581. The highest BCUT2D eigenvalue weighted by Gasteiger charge is 2.16. The Kier molecular flexibility index (Phi) is 6.39. The number of amides is 3. The van der Waals surface area contributed by atoms with Gasteiger partial charge in [0.1, 0.15) is 0 Å². The first-order valence-electron chi connectivity index (χ1n) is 7.82. The second-order valence-corrected chi connectivity index (χ2v) is 5.42. The van der Waals surface area contributed by atoms with E-state index in [1.165, 1.54) is 13.2 Å². The molecule has 1 aromatic rings. The average molecular weight is 347 g/mol. The maximum absolute atomic E-state index is 12.2. The largest absolute Gasteiger partial charge is 0.493 e. The van der Waals surface area contributed by atoms with Crippen LogP contribution >= 0.6 is 0 Å². The van der Waals surface area contributed by atoms with Crippen molar-refractivity contribution >= 4 is 23.8 Å². The van der Waals surface area contributed by atoms with Crippen LogP contribution < -0.4 is 20.5 Å². The minimum Gasteiger partial charge on any atom is -0.493 e. The summed E-state index contributed by atoms with van der Waals surface area (Å²) in [4.78, 5) is 35.9. The first kappa shape index (κ1) is 18.3. The third kappa shape index (κ3) is 5.52. The van der Waals surface area contributed by atoms with E-state index in [0.717, 1.165) is 5.56 Å². The molecule has 2 rings (SSSR count). The maximum Gasteiger partial charge on any atom is 0.255 e. The number of nitrogens with one attached hydrogen (secondary N) is 1. The number of ether oxygens (including phenoxy) is 2. The fourth-order valence-corrected chi connectivity index (χ4v) is 2.32. The molecule has 1 aromatic carbocycles. The van der Waals surface area contributed by atoms with Gasteiger partial charge in [-0.15, -0.1) is 0 Å². The van der Waals surface area contributed by atoms with Crippen molar-refractivity contribution in [2.75, 3.05) is 33.4 Å². The zero-order valence-electron chi connectivity index (χ0n) is 14.0. The van der Waals surface area contributed by atoms with Crippen LogP contribution in [0.1, 0.15) is 12.0 Å². The molecule has 1 fully saturated rings. The van der Waals surface area contributed by atoms with Crippen molar-refractivity contribution in [2.24, 2.45) is 5.73 Å². The highest BCUT2D eigenvalue weighted by molar-refractivity contribution is 5.92. The molecule has 1 heterocycles. The fraction of sp³-hybridized carbons (Fsp3) is 0.353. The molecule has 0 saturated carbocycles. The van der Waals surface area contributed by atoms with Crippen LogP contribution in [0, 0.1) is 0 Å². The van der Waals surface area contributed by atoms with Crippen LogP contribution in [0.5, 0.6) is 11.5 Å². The van der Waals surface area contributed by atoms with Crippen molar-refractivity contribution in [3.63, 3.8) is 0 Å². The number of nitrogens with two attached hydrogens (primary N) is 1. The molecule has 25 heavy (non-hydrogen) atoms. The smallest absolute Gasteiger partial charge is 0.255 e. The number of carbonyl (C=O) groups excluding carboxylic acids is 3. The second-order valence-electron chi connectivity index (χ2n) is 5.42. The zero-order chi connectivity index (χ0) is 18.2. The second kappa shape index (κ2) is 8.72. The number of benzene rings is 1. The summed E-state index contributed by atoms with van der Waals surface area (Å²) in [7, 11) is 1.48. The van der Waals surface area contributed by atoms with Crippen LogP contribution in [0.25, 0.3) is 6.08 Å². The van der Waals surface area contributed by atoms with Crippen molar-refractivity contribution in [1.82, 2.24) is 10.2 Å². The summed E-state index contributed by atoms with van der Waals surface area (Å²) in [6.07, 6.45) is 3.41. The topological polar surface area (TPSA) is 111 Å². The summed E-state index contributed by atoms with van der Waals surface area (Å²) < 4.78 is 10.5. The van der Waals surface area contributed by atoms with Gasteiger partial charge in [0, 0.05) is 32.1 Å². The lowest BCUT2D eigenvalue weighted by Gasteiger charge is -2.17. The van der Waals surface area contributed by atoms with Crippen LogP contribution in [-0.2, 0) is 14.4 Å². The number of hydrogen-bond donors (Lipinski definition) is 2. The number of rotatable bonds is 6. The van der Waals surface area contributed by atoms with E-state index in [2.05, 4.69) is 5.32 Å². The molecule has 1 aliphatic heterocycles. The van der Waals surface area contributed by atoms with E-state index >= 15 is 0 Å². The van der Waals surface area contributed by atoms with E-state index in [4.69, 9.17) is 15.2 Å². The maximum atomic E-state index is 12.2. The van der Waals surface area contributed by atoms with E-state index in [1.54, 1.807) is 29.2 Å². The molecule has 0 atom stereocenters. The third-order valence-electron chi connectivity index (χ3n) is 3.60. The van der Waals surface area contributed by atoms with Gasteiger partial charge in [0.25, 0.3) is 5.91 Å². The Hall–Kier alpha value is -3.03. The summed E-state index contributed by atoms with van der Waals surface area (Å²) >= 11 is 0. The van der Waals surface area contributed by atoms with Crippen molar-refractivity contribution in [3.8, 4) is 11.5 Å². The van der Waals surface area contributed by atoms with Gasteiger partial charge < -0.3 is 25.4 Å². The number of hydrogen-bond acceptors (Lipinski definition) is 5. The van der Waals surface area contributed by atoms with Gasteiger partial charge in [0.15, 0.2) is 18.1 Å². The number of methoxy groups -OCH3 is 1.